The van der Waals surface area contributed by atoms with Crippen molar-refractivity contribution in [1.29, 1.82) is 0 Å². The van der Waals surface area contributed by atoms with Crippen molar-refractivity contribution >= 4 is 34.4 Å². The first kappa shape index (κ1) is 24.0. The zero-order valence-electron chi connectivity index (χ0n) is 19.5. The van der Waals surface area contributed by atoms with Gasteiger partial charge in [0.25, 0.3) is 0 Å². The Balaban J connectivity index is 1.14. The molecule has 2 aromatic heterocycles. The predicted molar refractivity (Wildman–Crippen MR) is 134 cm³/mol. The third-order valence-electron chi connectivity index (χ3n) is 6.54. The van der Waals surface area contributed by atoms with E-state index < -0.39 is 6.09 Å². The van der Waals surface area contributed by atoms with E-state index in [9.17, 15) is 14.3 Å². The number of rotatable bonds is 7. The minimum Gasteiger partial charge on any atom is -0.465 e. The van der Waals surface area contributed by atoms with Crippen LogP contribution in [0, 0.1) is 11.7 Å². The number of hydrogen-bond acceptors (Lipinski definition) is 6. The molecule has 3 heterocycles. The number of benzene rings is 2. The summed E-state index contributed by atoms with van der Waals surface area (Å²) in [6, 6.07) is 15.4. The maximum Gasteiger partial charge on any atom is 0.407 e. The van der Waals surface area contributed by atoms with E-state index in [1.165, 1.54) is 29.2 Å². The van der Waals surface area contributed by atoms with Gasteiger partial charge in [-0.05, 0) is 79.8 Å². The van der Waals surface area contributed by atoms with Gasteiger partial charge in [-0.2, -0.15) is 0 Å². The number of carboxylic acid groups (broad SMARTS) is 1. The molecule has 1 N–H and O–H groups in total. The van der Waals surface area contributed by atoms with Gasteiger partial charge in [-0.25, -0.2) is 14.2 Å². The van der Waals surface area contributed by atoms with E-state index in [1.807, 2.05) is 30.3 Å². The van der Waals surface area contributed by atoms with E-state index in [4.69, 9.17) is 21.0 Å². The first-order chi connectivity index (χ1) is 17.4. The number of carbonyl (C=O) groups is 1. The zero-order valence-corrected chi connectivity index (χ0v) is 20.2. The molecule has 1 amide bonds. The maximum absolute atomic E-state index is 13.1. The van der Waals surface area contributed by atoms with Gasteiger partial charge < -0.3 is 14.4 Å². The fourth-order valence-corrected chi connectivity index (χ4v) is 4.66. The fraction of sp³-hybridized carbons (Fsp3) is 0.308. The van der Waals surface area contributed by atoms with Crippen molar-refractivity contribution in [2.75, 3.05) is 24.5 Å². The lowest BCUT2D eigenvalue weighted by Gasteiger charge is -2.33. The summed E-state index contributed by atoms with van der Waals surface area (Å²) in [4.78, 5) is 20.2. The summed E-state index contributed by atoms with van der Waals surface area (Å²) in [5, 5.41) is 19.3. The molecule has 5 rings (SSSR count). The van der Waals surface area contributed by atoms with E-state index in [-0.39, 0.29) is 24.1 Å². The van der Waals surface area contributed by atoms with Crippen molar-refractivity contribution in [2.45, 2.75) is 25.8 Å². The van der Waals surface area contributed by atoms with Crippen molar-refractivity contribution in [3.63, 3.8) is 0 Å². The van der Waals surface area contributed by atoms with Crippen LogP contribution in [0.1, 0.15) is 25.2 Å². The normalized spacial score (nSPS) is 14.3. The quantitative estimate of drug-likeness (QED) is 0.333. The molecular weight excluding hydrogens is 485 g/mol. The lowest BCUT2D eigenvalue weighted by Crippen LogP contribution is -2.36. The fourth-order valence-electron chi connectivity index (χ4n) is 4.48. The summed E-state index contributed by atoms with van der Waals surface area (Å²) in [6.45, 7) is 2.12. The smallest absolute Gasteiger partial charge is 0.407 e. The van der Waals surface area contributed by atoms with Crippen LogP contribution in [-0.4, -0.2) is 50.9 Å². The Hall–Kier alpha value is -3.72. The molecule has 0 saturated carbocycles. The van der Waals surface area contributed by atoms with Gasteiger partial charge in [0.2, 0.25) is 11.8 Å². The highest BCUT2D eigenvalue weighted by Gasteiger charge is 2.23. The van der Waals surface area contributed by atoms with E-state index >= 15 is 0 Å². The highest BCUT2D eigenvalue weighted by atomic mass is 35.5. The molecule has 36 heavy (non-hydrogen) atoms. The third kappa shape index (κ3) is 5.57. The van der Waals surface area contributed by atoms with Crippen molar-refractivity contribution in [2.24, 2.45) is 5.92 Å². The number of amides is 1. The lowest BCUT2D eigenvalue weighted by atomic mass is 9.93. The van der Waals surface area contributed by atoms with Gasteiger partial charge in [0.1, 0.15) is 18.2 Å². The summed E-state index contributed by atoms with van der Waals surface area (Å²) in [6.07, 6.45) is 1.64. The molecule has 0 atom stereocenters. The van der Waals surface area contributed by atoms with E-state index in [0.29, 0.717) is 23.0 Å². The first-order valence-corrected chi connectivity index (χ1v) is 12.2. The highest BCUT2D eigenvalue weighted by molar-refractivity contribution is 6.31. The number of hydrogen-bond donors (Lipinski definition) is 1. The van der Waals surface area contributed by atoms with Gasteiger partial charge in [0, 0.05) is 35.6 Å². The molecule has 1 saturated heterocycles. The van der Waals surface area contributed by atoms with Crippen LogP contribution in [0.2, 0.25) is 5.02 Å². The number of piperidine rings is 1. The minimum atomic E-state index is -1.03. The maximum atomic E-state index is 13.1. The standard InChI is InChI=1S/C26H25ClFN5O3/c27-20-4-7-22-19(15-20)3-8-23(29-22)32-12-9-17(10-13-32)11-14-33(26(34)35)16-24-30-31-25(36-24)18-1-5-21(28)6-2-18/h1-8,15,17H,9-14,16H2,(H,34,35). The third-order valence-corrected chi connectivity index (χ3v) is 6.77. The van der Waals surface area contributed by atoms with Crippen molar-refractivity contribution < 1.29 is 18.7 Å². The average Bonchev–Trinajstić information content (AvgIpc) is 3.35. The van der Waals surface area contributed by atoms with Gasteiger partial charge in [-0.1, -0.05) is 11.6 Å². The van der Waals surface area contributed by atoms with Crippen LogP contribution in [-0.2, 0) is 6.54 Å². The second-order valence-corrected chi connectivity index (χ2v) is 9.37. The zero-order chi connectivity index (χ0) is 25.1. The molecular formula is C26H25ClFN5O3. The Morgan fingerprint density at radius 3 is 2.64 bits per heavy atom. The number of nitrogens with zero attached hydrogens (tertiary/aromatic N) is 5. The van der Waals surface area contributed by atoms with E-state index in [0.717, 1.165) is 49.1 Å². The molecule has 0 unspecified atom stereocenters. The van der Waals surface area contributed by atoms with E-state index in [2.05, 4.69) is 15.1 Å². The first-order valence-electron chi connectivity index (χ1n) is 11.8. The van der Waals surface area contributed by atoms with Crippen molar-refractivity contribution in [3.8, 4) is 11.5 Å². The van der Waals surface area contributed by atoms with Crippen LogP contribution in [0.15, 0.2) is 59.0 Å². The number of anilines is 1. The Morgan fingerprint density at radius 1 is 1.11 bits per heavy atom. The van der Waals surface area contributed by atoms with Gasteiger partial charge in [0.05, 0.1) is 5.52 Å². The summed E-state index contributed by atoms with van der Waals surface area (Å²) in [5.74, 6) is 1.44. The summed E-state index contributed by atoms with van der Waals surface area (Å²) < 4.78 is 18.7. The predicted octanol–water partition coefficient (Wildman–Crippen LogP) is 5.86. The lowest BCUT2D eigenvalue weighted by molar-refractivity contribution is 0.133. The number of halogens is 2. The molecule has 1 aliphatic rings. The highest BCUT2D eigenvalue weighted by Crippen LogP contribution is 2.27. The van der Waals surface area contributed by atoms with Crippen LogP contribution in [0.3, 0.4) is 0 Å². The Labute approximate surface area is 212 Å². The number of pyridine rings is 1. The number of aromatic nitrogens is 3. The number of fused-ring (bicyclic) bond motifs is 1. The summed E-state index contributed by atoms with van der Waals surface area (Å²) in [7, 11) is 0. The molecule has 0 bridgehead atoms. The van der Waals surface area contributed by atoms with Crippen LogP contribution in [0.4, 0.5) is 15.0 Å². The molecule has 1 fully saturated rings. The van der Waals surface area contributed by atoms with Gasteiger partial charge in [-0.15, -0.1) is 10.2 Å². The monoisotopic (exact) mass is 509 g/mol. The summed E-state index contributed by atoms with van der Waals surface area (Å²) >= 11 is 6.07. The Kier molecular flexibility index (Phi) is 6.99. The van der Waals surface area contributed by atoms with Crippen LogP contribution in [0.5, 0.6) is 0 Å². The van der Waals surface area contributed by atoms with Gasteiger partial charge >= 0.3 is 6.09 Å². The Morgan fingerprint density at radius 2 is 1.89 bits per heavy atom. The molecule has 2 aromatic carbocycles. The topological polar surface area (TPSA) is 95.6 Å². The SMILES string of the molecule is O=C(O)N(CCC1CCN(c2ccc3cc(Cl)ccc3n2)CC1)Cc1nnc(-c2ccc(F)cc2)o1. The molecule has 0 aliphatic carbocycles. The molecule has 0 radical (unpaired) electrons. The average molecular weight is 510 g/mol. The second kappa shape index (κ2) is 10.5. The Bertz CT molecular complexity index is 1360. The van der Waals surface area contributed by atoms with Crippen molar-refractivity contribution in [1.82, 2.24) is 20.1 Å². The van der Waals surface area contributed by atoms with Gasteiger partial charge in [-0.3, -0.25) is 4.90 Å². The van der Waals surface area contributed by atoms with Crippen LogP contribution >= 0.6 is 11.6 Å². The molecule has 8 nitrogen and oxygen atoms in total. The summed E-state index contributed by atoms with van der Waals surface area (Å²) in [5.41, 5.74) is 1.49. The largest absolute Gasteiger partial charge is 0.465 e. The molecule has 186 valence electrons. The van der Waals surface area contributed by atoms with E-state index in [1.54, 1.807) is 0 Å². The minimum absolute atomic E-state index is 0.00734. The van der Waals surface area contributed by atoms with Crippen molar-refractivity contribution in [3.05, 3.63) is 71.3 Å². The molecule has 10 heteroatoms. The second-order valence-electron chi connectivity index (χ2n) is 8.94. The van der Waals surface area contributed by atoms with Gasteiger partial charge in [0.15, 0.2) is 0 Å². The van der Waals surface area contributed by atoms with Crippen LogP contribution in [0.25, 0.3) is 22.4 Å². The molecule has 1 aliphatic heterocycles. The molecule has 4 aromatic rings. The molecule has 0 spiro atoms. The van der Waals surface area contributed by atoms with Crippen LogP contribution < -0.4 is 4.90 Å².